The van der Waals surface area contributed by atoms with Crippen molar-refractivity contribution in [2.45, 2.75) is 12.3 Å². The summed E-state index contributed by atoms with van der Waals surface area (Å²) in [5.41, 5.74) is 9.51. The smallest absolute Gasteiger partial charge is 0.164 e. The summed E-state index contributed by atoms with van der Waals surface area (Å²) in [6.07, 6.45) is 7.52. The van der Waals surface area contributed by atoms with Gasteiger partial charge in [0.2, 0.25) is 0 Å². The molecule has 0 saturated heterocycles. The quantitative estimate of drug-likeness (QED) is 0.187. The Bertz CT molecular complexity index is 2790. The van der Waals surface area contributed by atoms with Gasteiger partial charge in [-0.3, -0.25) is 0 Å². The molecule has 10 rings (SSSR count). The first kappa shape index (κ1) is 28.4. The lowest BCUT2D eigenvalue weighted by Crippen LogP contribution is -2.05. The Labute approximate surface area is 287 Å². The van der Waals surface area contributed by atoms with Crippen LogP contribution in [0.15, 0.2) is 167 Å². The van der Waals surface area contributed by atoms with Gasteiger partial charge in [-0.25, -0.2) is 15.0 Å². The molecule has 0 amide bonds. The molecule has 1 aliphatic rings. The number of aromatic nitrogens is 3. The average molecular weight is 644 g/mol. The van der Waals surface area contributed by atoms with Crippen molar-refractivity contribution in [1.29, 1.82) is 0 Å². The fourth-order valence-corrected chi connectivity index (χ4v) is 7.21. The van der Waals surface area contributed by atoms with E-state index in [-0.39, 0.29) is 0 Å². The minimum atomic E-state index is 0.318. The summed E-state index contributed by atoms with van der Waals surface area (Å²) in [5, 5.41) is 4.15. The topological polar surface area (TPSA) is 65.0 Å². The van der Waals surface area contributed by atoms with Crippen molar-refractivity contribution in [1.82, 2.24) is 15.0 Å². The van der Waals surface area contributed by atoms with Crippen LogP contribution in [0.25, 0.3) is 83.4 Å². The zero-order valence-corrected chi connectivity index (χ0v) is 27.0. The molecule has 50 heavy (non-hydrogen) atoms. The molecule has 1 aliphatic carbocycles. The predicted molar refractivity (Wildman–Crippen MR) is 202 cm³/mol. The lowest BCUT2D eigenvalue weighted by molar-refractivity contribution is 0.668. The van der Waals surface area contributed by atoms with E-state index in [1.54, 1.807) is 0 Å². The van der Waals surface area contributed by atoms with Crippen LogP contribution < -0.4 is 0 Å². The number of hydrogen-bond acceptors (Lipinski definition) is 5. The third kappa shape index (κ3) is 4.74. The van der Waals surface area contributed by atoms with Crippen LogP contribution in [0.2, 0.25) is 0 Å². The molecule has 5 heteroatoms. The van der Waals surface area contributed by atoms with E-state index in [0.29, 0.717) is 23.4 Å². The van der Waals surface area contributed by atoms with Gasteiger partial charge in [0.05, 0.1) is 0 Å². The summed E-state index contributed by atoms with van der Waals surface area (Å²) in [4.78, 5) is 15.3. The van der Waals surface area contributed by atoms with Crippen molar-refractivity contribution in [2.24, 2.45) is 0 Å². The lowest BCUT2D eigenvalue weighted by atomic mass is 9.90. The summed E-state index contributed by atoms with van der Waals surface area (Å²) in [6, 6.07) is 47.7. The third-order valence-electron chi connectivity index (χ3n) is 9.71. The Balaban J connectivity index is 1.16. The zero-order valence-electron chi connectivity index (χ0n) is 27.0. The van der Waals surface area contributed by atoms with Crippen LogP contribution in [0.5, 0.6) is 0 Å². The Morgan fingerprint density at radius 1 is 0.500 bits per heavy atom. The molecular weight excluding hydrogens is 615 g/mol. The van der Waals surface area contributed by atoms with Crippen molar-refractivity contribution in [3.63, 3.8) is 0 Å². The number of benzene rings is 6. The van der Waals surface area contributed by atoms with E-state index < -0.39 is 0 Å². The molecule has 1 unspecified atom stereocenters. The van der Waals surface area contributed by atoms with Crippen molar-refractivity contribution < 1.29 is 8.83 Å². The molecule has 0 fully saturated rings. The average Bonchev–Trinajstić information content (AvgIpc) is 3.77. The highest BCUT2D eigenvalue weighted by Crippen LogP contribution is 2.43. The third-order valence-corrected chi connectivity index (χ3v) is 9.71. The van der Waals surface area contributed by atoms with Crippen LogP contribution in [-0.2, 0) is 0 Å². The molecule has 6 aromatic carbocycles. The number of nitrogens with zero attached hydrogens (tertiary/aromatic N) is 3. The summed E-state index contributed by atoms with van der Waals surface area (Å²) in [5.74, 6) is 2.21. The molecule has 1 atom stereocenters. The molecular formula is C45H29N3O2. The molecule has 3 aromatic heterocycles. The molecule has 0 N–H and O–H groups in total. The van der Waals surface area contributed by atoms with Gasteiger partial charge in [0.15, 0.2) is 17.5 Å². The molecule has 236 valence electrons. The maximum atomic E-state index is 6.68. The Morgan fingerprint density at radius 2 is 1.16 bits per heavy atom. The van der Waals surface area contributed by atoms with E-state index in [2.05, 4.69) is 85.0 Å². The van der Waals surface area contributed by atoms with Gasteiger partial charge in [-0.15, -0.1) is 0 Å². The lowest BCUT2D eigenvalue weighted by Gasteiger charge is -2.17. The molecule has 5 nitrogen and oxygen atoms in total. The van der Waals surface area contributed by atoms with Crippen molar-refractivity contribution in [3.8, 4) is 33.9 Å². The number of para-hydroxylation sites is 2. The minimum absolute atomic E-state index is 0.318. The number of rotatable bonds is 5. The zero-order chi connectivity index (χ0) is 33.0. The highest BCUT2D eigenvalue weighted by molar-refractivity contribution is 6.16. The van der Waals surface area contributed by atoms with E-state index in [1.165, 1.54) is 5.56 Å². The monoisotopic (exact) mass is 643 g/mol. The normalized spacial score (nSPS) is 14.6. The standard InChI is InChI=1S/C45H29N3O2/c1-3-11-28(12-4-1)29-19-21-31(22-20-29)44-46-43(30-13-5-2-6-14-30)47-45(48-44)36-25-24-33(42-41(36)35-16-8-10-18-39(35)50-42)32-23-26-40-37(27-32)34-15-7-9-17-38(34)49-40/h1-19,21-27,29H,20H2. The first-order chi connectivity index (χ1) is 24.8. The number of hydrogen-bond donors (Lipinski definition) is 0. The van der Waals surface area contributed by atoms with Crippen LogP contribution in [0, 0.1) is 0 Å². The van der Waals surface area contributed by atoms with Gasteiger partial charge < -0.3 is 8.83 Å². The van der Waals surface area contributed by atoms with Crippen molar-refractivity contribution >= 4 is 49.5 Å². The van der Waals surface area contributed by atoms with Crippen LogP contribution in [0.4, 0.5) is 0 Å². The van der Waals surface area contributed by atoms with Gasteiger partial charge >= 0.3 is 0 Å². The molecule has 0 saturated carbocycles. The summed E-state index contributed by atoms with van der Waals surface area (Å²) in [6.45, 7) is 0. The Hall–Kier alpha value is -6.59. The molecule has 9 aromatic rings. The second-order valence-electron chi connectivity index (χ2n) is 12.7. The molecule has 0 bridgehead atoms. The van der Waals surface area contributed by atoms with E-state index in [4.69, 9.17) is 23.8 Å². The van der Waals surface area contributed by atoms with E-state index in [1.807, 2.05) is 72.8 Å². The minimum Gasteiger partial charge on any atom is -0.456 e. The second kappa shape index (κ2) is 11.5. The van der Waals surface area contributed by atoms with Crippen LogP contribution in [0.3, 0.4) is 0 Å². The van der Waals surface area contributed by atoms with E-state index in [0.717, 1.165) is 78.1 Å². The Kier molecular flexibility index (Phi) is 6.56. The SMILES string of the molecule is C1=CC(c2ccccc2)CC=C1c1nc(-c2ccccc2)nc(-c2ccc(-c3ccc4oc5ccccc5c4c3)c3oc4ccccc4c23)n1. The largest absolute Gasteiger partial charge is 0.456 e. The summed E-state index contributed by atoms with van der Waals surface area (Å²) in [7, 11) is 0. The van der Waals surface area contributed by atoms with Crippen molar-refractivity contribution in [3.05, 3.63) is 169 Å². The van der Waals surface area contributed by atoms with Crippen LogP contribution in [-0.4, -0.2) is 15.0 Å². The van der Waals surface area contributed by atoms with Gasteiger partial charge in [-0.2, -0.15) is 0 Å². The van der Waals surface area contributed by atoms with Gasteiger partial charge in [0.1, 0.15) is 22.3 Å². The maximum absolute atomic E-state index is 6.68. The molecule has 0 radical (unpaired) electrons. The van der Waals surface area contributed by atoms with Crippen LogP contribution in [0.1, 0.15) is 23.7 Å². The highest BCUT2D eigenvalue weighted by atomic mass is 16.3. The molecule has 0 spiro atoms. The van der Waals surface area contributed by atoms with Gasteiger partial charge in [0, 0.05) is 49.7 Å². The summed E-state index contributed by atoms with van der Waals surface area (Å²) < 4.78 is 12.8. The Morgan fingerprint density at radius 3 is 1.96 bits per heavy atom. The van der Waals surface area contributed by atoms with Crippen molar-refractivity contribution in [2.75, 3.05) is 0 Å². The van der Waals surface area contributed by atoms with Crippen LogP contribution >= 0.6 is 0 Å². The molecule has 0 aliphatic heterocycles. The second-order valence-corrected chi connectivity index (χ2v) is 12.7. The first-order valence-corrected chi connectivity index (χ1v) is 16.9. The summed E-state index contributed by atoms with van der Waals surface area (Å²) >= 11 is 0. The van der Waals surface area contributed by atoms with E-state index in [9.17, 15) is 0 Å². The van der Waals surface area contributed by atoms with Gasteiger partial charge in [-0.05, 0) is 53.9 Å². The number of allylic oxidation sites excluding steroid dienone is 4. The fraction of sp³-hybridized carbons (Fsp3) is 0.0444. The molecule has 3 heterocycles. The number of furan rings is 2. The van der Waals surface area contributed by atoms with Gasteiger partial charge in [0.25, 0.3) is 0 Å². The van der Waals surface area contributed by atoms with E-state index >= 15 is 0 Å². The number of fused-ring (bicyclic) bond motifs is 6. The maximum Gasteiger partial charge on any atom is 0.164 e. The first-order valence-electron chi connectivity index (χ1n) is 16.9. The van der Waals surface area contributed by atoms with Gasteiger partial charge in [-0.1, -0.05) is 121 Å². The fourth-order valence-electron chi connectivity index (χ4n) is 7.21. The predicted octanol–water partition coefficient (Wildman–Crippen LogP) is 11.8. The highest BCUT2D eigenvalue weighted by Gasteiger charge is 2.22.